The highest BCUT2D eigenvalue weighted by atomic mass is 35.5. The van der Waals surface area contributed by atoms with Gasteiger partial charge < -0.3 is 4.90 Å². The Morgan fingerprint density at radius 3 is 2.42 bits per heavy atom. The molecule has 0 aliphatic carbocycles. The molecule has 6 heteroatoms. The van der Waals surface area contributed by atoms with Crippen LogP contribution in [0.25, 0.3) is 0 Å². The summed E-state index contributed by atoms with van der Waals surface area (Å²) >= 11 is 12.0. The molecule has 0 radical (unpaired) electrons. The fourth-order valence-corrected chi connectivity index (χ4v) is 4.04. The number of para-hydroxylation sites is 1. The monoisotopic (exact) mass is 383 g/mol. The van der Waals surface area contributed by atoms with Crippen LogP contribution in [0.2, 0.25) is 10.0 Å². The van der Waals surface area contributed by atoms with E-state index in [-0.39, 0.29) is 11.7 Å². The molecule has 0 spiro atoms. The minimum Gasteiger partial charge on any atom is -0.312 e. The number of carbonyl (C=O) groups excluding carboxylic acids is 1. The van der Waals surface area contributed by atoms with Crippen LogP contribution < -0.4 is 4.90 Å². The van der Waals surface area contributed by atoms with Crippen molar-refractivity contribution in [3.8, 4) is 0 Å². The van der Waals surface area contributed by atoms with Crippen molar-refractivity contribution in [2.75, 3.05) is 11.4 Å². The number of nitrogens with zero attached hydrogens (tertiary/aromatic N) is 1. The van der Waals surface area contributed by atoms with E-state index in [0.29, 0.717) is 16.6 Å². The first-order valence-electron chi connectivity index (χ1n) is 7.61. The Balaban J connectivity index is 2.12. The molecule has 2 aromatic rings. The van der Waals surface area contributed by atoms with Crippen molar-refractivity contribution in [1.29, 1.82) is 0 Å². The van der Waals surface area contributed by atoms with Crippen molar-refractivity contribution in [3.63, 3.8) is 0 Å². The van der Waals surface area contributed by atoms with Crippen LogP contribution >= 0.6 is 23.2 Å². The molecule has 24 heavy (non-hydrogen) atoms. The van der Waals surface area contributed by atoms with E-state index in [1.807, 2.05) is 37.3 Å². The largest absolute Gasteiger partial charge is 0.312 e. The van der Waals surface area contributed by atoms with E-state index in [4.69, 9.17) is 23.2 Å². The second kappa shape index (κ2) is 8.65. The molecule has 0 heterocycles. The number of rotatable bonds is 6. The predicted octanol–water partition coefficient (Wildman–Crippen LogP) is 4.68. The summed E-state index contributed by atoms with van der Waals surface area (Å²) in [5.74, 6) is 0.0574. The smallest absolute Gasteiger partial charge is 0.242 e. The maximum Gasteiger partial charge on any atom is 0.242 e. The fourth-order valence-electron chi connectivity index (χ4n) is 2.32. The van der Waals surface area contributed by atoms with Gasteiger partial charge in [0.25, 0.3) is 0 Å². The Labute approximate surface area is 155 Å². The highest BCUT2D eigenvalue weighted by molar-refractivity contribution is 7.85. The molecule has 2 atom stereocenters. The van der Waals surface area contributed by atoms with Gasteiger partial charge in [0.05, 0.1) is 5.75 Å². The lowest BCUT2D eigenvalue weighted by atomic mass is 10.2. The number of amides is 1. The molecule has 0 N–H and O–H groups in total. The van der Waals surface area contributed by atoms with Crippen molar-refractivity contribution >= 4 is 45.6 Å². The van der Waals surface area contributed by atoms with E-state index in [2.05, 4.69) is 0 Å². The molecule has 0 saturated heterocycles. The predicted molar refractivity (Wildman–Crippen MR) is 102 cm³/mol. The summed E-state index contributed by atoms with van der Waals surface area (Å²) in [6.07, 6.45) is 0. The second-order valence-electron chi connectivity index (χ2n) is 5.32. The summed E-state index contributed by atoms with van der Waals surface area (Å²) in [6.45, 7) is 4.11. The molecule has 0 unspecified atom stereocenters. The number of halogens is 2. The van der Waals surface area contributed by atoms with Crippen LogP contribution in [-0.2, 0) is 21.3 Å². The average molecular weight is 384 g/mol. The second-order valence-corrected chi connectivity index (χ2v) is 7.92. The summed E-state index contributed by atoms with van der Waals surface area (Å²) in [6, 6.07) is 14.4. The summed E-state index contributed by atoms with van der Waals surface area (Å²) < 4.78 is 12.6. The Bertz CT molecular complexity index is 737. The summed E-state index contributed by atoms with van der Waals surface area (Å²) in [5, 5.41) is 0.364. The summed E-state index contributed by atoms with van der Waals surface area (Å²) in [4.78, 5) is 14.4. The lowest BCUT2D eigenvalue weighted by Crippen LogP contribution is -2.40. The third kappa shape index (κ3) is 4.59. The van der Waals surface area contributed by atoms with Crippen LogP contribution in [0.4, 0.5) is 5.69 Å². The van der Waals surface area contributed by atoms with Gasteiger partial charge in [-0.3, -0.25) is 9.00 Å². The molecule has 2 aromatic carbocycles. The fraction of sp³-hybridized carbons (Fsp3) is 0.278. The number of benzene rings is 2. The third-order valence-corrected chi connectivity index (χ3v) is 5.88. The Morgan fingerprint density at radius 2 is 1.83 bits per heavy atom. The van der Waals surface area contributed by atoms with E-state index in [9.17, 15) is 9.00 Å². The highest BCUT2D eigenvalue weighted by Gasteiger charge is 2.26. The minimum absolute atomic E-state index is 0.160. The number of carbonyl (C=O) groups is 1. The van der Waals surface area contributed by atoms with E-state index >= 15 is 0 Å². The van der Waals surface area contributed by atoms with Crippen LogP contribution in [0.3, 0.4) is 0 Å². The maximum absolute atomic E-state index is 12.7. The van der Waals surface area contributed by atoms with Crippen molar-refractivity contribution in [1.82, 2.24) is 0 Å². The lowest BCUT2D eigenvalue weighted by Gasteiger charge is -2.24. The van der Waals surface area contributed by atoms with Gasteiger partial charge in [0.2, 0.25) is 5.91 Å². The molecule has 0 aliphatic rings. The molecule has 0 bridgehead atoms. The molecule has 0 aliphatic heterocycles. The topological polar surface area (TPSA) is 37.4 Å². The van der Waals surface area contributed by atoms with Gasteiger partial charge >= 0.3 is 0 Å². The van der Waals surface area contributed by atoms with Gasteiger partial charge in [-0.25, -0.2) is 0 Å². The lowest BCUT2D eigenvalue weighted by molar-refractivity contribution is -0.117. The van der Waals surface area contributed by atoms with Crippen molar-refractivity contribution < 1.29 is 9.00 Å². The zero-order valence-corrected chi connectivity index (χ0v) is 15.9. The first-order chi connectivity index (χ1) is 11.4. The van der Waals surface area contributed by atoms with Gasteiger partial charge in [-0.1, -0.05) is 47.5 Å². The van der Waals surface area contributed by atoms with Crippen LogP contribution in [0, 0.1) is 0 Å². The summed E-state index contributed by atoms with van der Waals surface area (Å²) in [7, 11) is -1.38. The van der Waals surface area contributed by atoms with Gasteiger partial charge in [0.1, 0.15) is 5.25 Å². The van der Waals surface area contributed by atoms with Crippen LogP contribution in [0.5, 0.6) is 0 Å². The molecule has 1 amide bonds. The van der Waals surface area contributed by atoms with Crippen molar-refractivity contribution in [2.24, 2.45) is 0 Å². The van der Waals surface area contributed by atoms with Crippen molar-refractivity contribution in [2.45, 2.75) is 24.9 Å². The SMILES string of the molecule is CCN(C(=O)[C@H](C)[S@](=O)Cc1ccc(Cl)cc1Cl)c1ccccc1. The van der Waals surface area contributed by atoms with Gasteiger partial charge in [-0.2, -0.15) is 0 Å². The quantitative estimate of drug-likeness (QED) is 0.725. The first-order valence-corrected chi connectivity index (χ1v) is 9.75. The van der Waals surface area contributed by atoms with E-state index in [0.717, 1.165) is 11.3 Å². The van der Waals surface area contributed by atoms with Crippen LogP contribution in [-0.4, -0.2) is 21.9 Å². The molecular formula is C18H19Cl2NO2S. The first kappa shape index (κ1) is 19.0. The van der Waals surface area contributed by atoms with E-state index < -0.39 is 16.0 Å². The van der Waals surface area contributed by atoms with Crippen molar-refractivity contribution in [3.05, 3.63) is 64.1 Å². The molecule has 0 aromatic heterocycles. The van der Waals surface area contributed by atoms with E-state index in [1.54, 1.807) is 30.0 Å². The molecule has 2 rings (SSSR count). The van der Waals surface area contributed by atoms with Crippen LogP contribution in [0.15, 0.2) is 48.5 Å². The summed E-state index contributed by atoms with van der Waals surface area (Å²) in [5.41, 5.74) is 1.53. The Kier molecular flexibility index (Phi) is 6.84. The number of anilines is 1. The van der Waals surface area contributed by atoms with Gasteiger partial charge in [-0.15, -0.1) is 0 Å². The standard InChI is InChI=1S/C18H19Cl2NO2S/c1-3-21(16-7-5-4-6-8-16)18(22)13(2)24(23)12-14-9-10-15(19)11-17(14)20/h4-11,13H,3,12H2,1-2H3/t13-,24+/m0/s1. The minimum atomic E-state index is -1.38. The molecular weight excluding hydrogens is 365 g/mol. The molecule has 0 fully saturated rings. The molecule has 3 nitrogen and oxygen atoms in total. The molecule has 0 saturated carbocycles. The van der Waals surface area contributed by atoms with E-state index in [1.165, 1.54) is 0 Å². The average Bonchev–Trinajstić information content (AvgIpc) is 2.58. The maximum atomic E-state index is 12.7. The number of hydrogen-bond acceptors (Lipinski definition) is 2. The van der Waals surface area contributed by atoms with Gasteiger partial charge in [0, 0.05) is 33.1 Å². The number of hydrogen-bond donors (Lipinski definition) is 0. The molecule has 128 valence electrons. The normalized spacial score (nSPS) is 13.3. The van der Waals surface area contributed by atoms with Gasteiger partial charge in [-0.05, 0) is 43.7 Å². The zero-order chi connectivity index (χ0) is 17.7. The Hall–Kier alpha value is -1.36. The van der Waals surface area contributed by atoms with Gasteiger partial charge in [0.15, 0.2) is 0 Å². The van der Waals surface area contributed by atoms with Crippen LogP contribution in [0.1, 0.15) is 19.4 Å². The third-order valence-electron chi connectivity index (χ3n) is 3.71. The Morgan fingerprint density at radius 1 is 1.17 bits per heavy atom. The highest BCUT2D eigenvalue weighted by Crippen LogP contribution is 2.23. The zero-order valence-electron chi connectivity index (χ0n) is 13.5.